The lowest BCUT2D eigenvalue weighted by molar-refractivity contribution is -0.123. The van der Waals surface area contributed by atoms with Gasteiger partial charge >= 0.3 is 0 Å². The first kappa shape index (κ1) is 24.5. The molecule has 0 atom stereocenters. The highest BCUT2D eigenvalue weighted by atomic mass is 16.2. The number of carbonyl (C=O) groups excluding carboxylic acids is 1. The quantitative estimate of drug-likeness (QED) is 0.499. The second-order valence-corrected chi connectivity index (χ2v) is 9.62. The highest BCUT2D eigenvalue weighted by molar-refractivity contribution is 5.80. The summed E-state index contributed by atoms with van der Waals surface area (Å²) in [6.45, 7) is 14.6. The molecule has 0 radical (unpaired) electrons. The van der Waals surface area contributed by atoms with Crippen molar-refractivity contribution in [3.8, 4) is 0 Å². The van der Waals surface area contributed by atoms with Gasteiger partial charge in [-0.25, -0.2) is 0 Å². The summed E-state index contributed by atoms with van der Waals surface area (Å²) < 4.78 is 0. The molecule has 2 heterocycles. The number of aryl methyl sites for hydroxylation is 1. The third-order valence-electron chi connectivity index (χ3n) is 6.48. The van der Waals surface area contributed by atoms with Gasteiger partial charge in [0.05, 0.1) is 6.54 Å². The van der Waals surface area contributed by atoms with Crippen molar-refractivity contribution in [1.82, 2.24) is 25.3 Å². The van der Waals surface area contributed by atoms with Crippen molar-refractivity contribution in [2.75, 3.05) is 59.4 Å². The standard InChI is InChI=1S/C25H42N6O/c1-20(2)28-24(32)19-30-13-15-31(16-14-30)25(26-4)27-17-22-9-11-29(12-10-22)18-23-7-5-21(3)6-8-23/h5-8,20,22H,9-19H2,1-4H3,(H,26,27)(H,28,32). The Balaban J connectivity index is 1.34. The molecule has 1 amide bonds. The van der Waals surface area contributed by atoms with Gasteiger partial charge < -0.3 is 15.5 Å². The Morgan fingerprint density at radius 2 is 1.69 bits per heavy atom. The zero-order chi connectivity index (χ0) is 22.9. The van der Waals surface area contributed by atoms with Crippen molar-refractivity contribution >= 4 is 11.9 Å². The van der Waals surface area contributed by atoms with E-state index in [1.54, 1.807) is 0 Å². The summed E-state index contributed by atoms with van der Waals surface area (Å²) in [6, 6.07) is 9.11. The molecule has 2 N–H and O–H groups in total. The summed E-state index contributed by atoms with van der Waals surface area (Å²) in [4.78, 5) is 23.7. The SMILES string of the molecule is CN=C(NCC1CCN(Cc2ccc(C)cc2)CC1)N1CCN(CC(=O)NC(C)C)CC1. The first-order chi connectivity index (χ1) is 15.4. The number of piperazine rings is 1. The number of nitrogens with one attached hydrogen (secondary N) is 2. The largest absolute Gasteiger partial charge is 0.356 e. The fourth-order valence-corrected chi connectivity index (χ4v) is 4.56. The molecule has 178 valence electrons. The first-order valence-electron chi connectivity index (χ1n) is 12.2. The van der Waals surface area contributed by atoms with Crippen LogP contribution in [0.4, 0.5) is 0 Å². The van der Waals surface area contributed by atoms with Crippen LogP contribution < -0.4 is 10.6 Å². The van der Waals surface area contributed by atoms with Gasteiger partial charge in [-0.2, -0.15) is 0 Å². The zero-order valence-corrected chi connectivity index (χ0v) is 20.4. The van der Waals surface area contributed by atoms with Crippen LogP contribution in [0.1, 0.15) is 37.8 Å². The summed E-state index contributed by atoms with van der Waals surface area (Å²) in [6.07, 6.45) is 2.46. The summed E-state index contributed by atoms with van der Waals surface area (Å²) in [5.74, 6) is 1.81. The van der Waals surface area contributed by atoms with Crippen LogP contribution in [-0.2, 0) is 11.3 Å². The van der Waals surface area contributed by atoms with Crippen LogP contribution in [0, 0.1) is 12.8 Å². The van der Waals surface area contributed by atoms with Crippen molar-refractivity contribution in [2.45, 2.75) is 46.2 Å². The molecule has 3 rings (SSSR count). The molecule has 1 aromatic carbocycles. The van der Waals surface area contributed by atoms with E-state index in [-0.39, 0.29) is 11.9 Å². The molecule has 0 unspecified atom stereocenters. The predicted molar refractivity (Wildman–Crippen MR) is 132 cm³/mol. The highest BCUT2D eigenvalue weighted by Crippen LogP contribution is 2.19. The van der Waals surface area contributed by atoms with Gasteiger partial charge in [-0.05, 0) is 58.2 Å². The molecule has 2 saturated heterocycles. The zero-order valence-electron chi connectivity index (χ0n) is 20.4. The van der Waals surface area contributed by atoms with Crippen LogP contribution in [0.25, 0.3) is 0 Å². The van der Waals surface area contributed by atoms with E-state index in [0.717, 1.165) is 58.3 Å². The molecule has 7 heteroatoms. The average Bonchev–Trinajstić information content (AvgIpc) is 2.77. The summed E-state index contributed by atoms with van der Waals surface area (Å²) >= 11 is 0. The number of nitrogens with zero attached hydrogens (tertiary/aromatic N) is 4. The molecule has 0 aliphatic carbocycles. The van der Waals surface area contributed by atoms with Crippen molar-refractivity contribution in [1.29, 1.82) is 0 Å². The fraction of sp³-hybridized carbons (Fsp3) is 0.680. The Kier molecular flexibility index (Phi) is 9.36. The normalized spacial score (nSPS) is 19.4. The van der Waals surface area contributed by atoms with Crippen LogP contribution in [0.3, 0.4) is 0 Å². The Hall–Kier alpha value is -2.12. The van der Waals surface area contributed by atoms with E-state index in [9.17, 15) is 4.79 Å². The Morgan fingerprint density at radius 3 is 2.28 bits per heavy atom. The van der Waals surface area contributed by atoms with Crippen LogP contribution in [-0.4, -0.2) is 92.0 Å². The molecule has 7 nitrogen and oxygen atoms in total. The molecule has 2 fully saturated rings. The molecule has 1 aromatic rings. The number of piperidine rings is 1. The second-order valence-electron chi connectivity index (χ2n) is 9.62. The van der Waals surface area contributed by atoms with Crippen LogP contribution >= 0.6 is 0 Å². The topological polar surface area (TPSA) is 63.2 Å². The average molecular weight is 443 g/mol. The number of rotatable bonds is 7. The number of hydrogen-bond acceptors (Lipinski definition) is 4. The van der Waals surface area contributed by atoms with Gasteiger partial charge in [-0.1, -0.05) is 29.8 Å². The molecule has 0 spiro atoms. The maximum atomic E-state index is 12.0. The summed E-state index contributed by atoms with van der Waals surface area (Å²) in [5, 5.41) is 6.60. The van der Waals surface area contributed by atoms with Gasteiger partial charge in [0.15, 0.2) is 5.96 Å². The minimum Gasteiger partial charge on any atom is -0.356 e. The predicted octanol–water partition coefficient (Wildman–Crippen LogP) is 1.92. The number of likely N-dealkylation sites (tertiary alicyclic amines) is 1. The van der Waals surface area contributed by atoms with E-state index in [1.165, 1.54) is 24.0 Å². The van der Waals surface area contributed by atoms with E-state index in [2.05, 4.69) is 61.5 Å². The lowest BCUT2D eigenvalue weighted by atomic mass is 9.96. The smallest absolute Gasteiger partial charge is 0.234 e. The number of guanidine groups is 1. The second kappa shape index (κ2) is 12.2. The third-order valence-corrected chi connectivity index (χ3v) is 6.48. The molecule has 0 saturated carbocycles. The minimum absolute atomic E-state index is 0.115. The first-order valence-corrected chi connectivity index (χ1v) is 12.2. The van der Waals surface area contributed by atoms with E-state index >= 15 is 0 Å². The molecule has 0 bridgehead atoms. The number of hydrogen-bond donors (Lipinski definition) is 2. The van der Waals surface area contributed by atoms with Crippen molar-refractivity contribution < 1.29 is 4.79 Å². The van der Waals surface area contributed by atoms with E-state index < -0.39 is 0 Å². The van der Waals surface area contributed by atoms with Gasteiger partial charge in [0.2, 0.25) is 5.91 Å². The maximum Gasteiger partial charge on any atom is 0.234 e. The molecule has 2 aliphatic heterocycles. The van der Waals surface area contributed by atoms with Gasteiger partial charge in [0.1, 0.15) is 0 Å². The van der Waals surface area contributed by atoms with Crippen molar-refractivity contribution in [3.63, 3.8) is 0 Å². The summed E-state index contributed by atoms with van der Waals surface area (Å²) in [5.41, 5.74) is 2.73. The number of benzene rings is 1. The molecular weight excluding hydrogens is 400 g/mol. The highest BCUT2D eigenvalue weighted by Gasteiger charge is 2.23. The summed E-state index contributed by atoms with van der Waals surface area (Å²) in [7, 11) is 1.87. The van der Waals surface area contributed by atoms with Gasteiger partial charge in [0, 0.05) is 52.4 Å². The molecule has 0 aromatic heterocycles. The third kappa shape index (κ3) is 7.78. The van der Waals surface area contributed by atoms with Gasteiger partial charge in [0.25, 0.3) is 0 Å². The van der Waals surface area contributed by atoms with Crippen LogP contribution in [0.15, 0.2) is 29.3 Å². The van der Waals surface area contributed by atoms with Crippen LogP contribution in [0.5, 0.6) is 0 Å². The van der Waals surface area contributed by atoms with Crippen molar-refractivity contribution in [3.05, 3.63) is 35.4 Å². The maximum absolute atomic E-state index is 12.0. The number of carbonyl (C=O) groups is 1. The minimum atomic E-state index is 0.115. The lowest BCUT2D eigenvalue weighted by Gasteiger charge is -2.37. The Labute approximate surface area is 194 Å². The van der Waals surface area contributed by atoms with Crippen LogP contribution in [0.2, 0.25) is 0 Å². The number of amides is 1. The monoisotopic (exact) mass is 442 g/mol. The van der Waals surface area contributed by atoms with Gasteiger partial charge in [-0.3, -0.25) is 19.6 Å². The van der Waals surface area contributed by atoms with E-state index in [1.807, 2.05) is 20.9 Å². The van der Waals surface area contributed by atoms with Crippen molar-refractivity contribution in [2.24, 2.45) is 10.9 Å². The Morgan fingerprint density at radius 1 is 1.03 bits per heavy atom. The fourth-order valence-electron chi connectivity index (χ4n) is 4.56. The molecule has 2 aliphatic rings. The molecule has 32 heavy (non-hydrogen) atoms. The Bertz CT molecular complexity index is 731. The number of aliphatic imine (C=N–C) groups is 1. The van der Waals surface area contributed by atoms with Gasteiger partial charge in [-0.15, -0.1) is 0 Å². The molecular formula is C25H42N6O. The van der Waals surface area contributed by atoms with E-state index in [4.69, 9.17) is 0 Å². The van der Waals surface area contributed by atoms with E-state index in [0.29, 0.717) is 12.5 Å². The lowest BCUT2D eigenvalue weighted by Crippen LogP contribution is -2.54.